The van der Waals surface area contributed by atoms with Crippen molar-refractivity contribution in [2.75, 3.05) is 18.5 Å². The largest absolute Gasteiger partial charge is 0.462 e. The second kappa shape index (κ2) is 6.15. The highest BCUT2D eigenvalue weighted by Crippen LogP contribution is 2.39. The van der Waals surface area contributed by atoms with Crippen molar-refractivity contribution >= 4 is 28.2 Å². The molecule has 0 aliphatic heterocycles. The van der Waals surface area contributed by atoms with Gasteiger partial charge in [0.1, 0.15) is 5.00 Å². The smallest absolute Gasteiger partial charge is 0.341 e. The number of fused-ring (bicyclic) bond motifs is 1. The molecular formula is C15H20N2O3S. The van der Waals surface area contributed by atoms with E-state index in [9.17, 15) is 9.59 Å². The van der Waals surface area contributed by atoms with Crippen molar-refractivity contribution in [3.8, 4) is 0 Å². The van der Waals surface area contributed by atoms with E-state index in [0.29, 0.717) is 29.8 Å². The van der Waals surface area contributed by atoms with E-state index >= 15 is 0 Å². The number of nitrogens with one attached hydrogen (secondary N) is 2. The number of aryl methyl sites for hydroxylation is 1. The number of thiophene rings is 1. The third-order valence-electron chi connectivity index (χ3n) is 3.78. The van der Waals surface area contributed by atoms with E-state index < -0.39 is 0 Å². The first kappa shape index (κ1) is 14.5. The summed E-state index contributed by atoms with van der Waals surface area (Å²) in [6.45, 7) is 2.44. The summed E-state index contributed by atoms with van der Waals surface area (Å²) in [4.78, 5) is 25.4. The van der Waals surface area contributed by atoms with Crippen LogP contribution >= 0.6 is 11.3 Å². The van der Waals surface area contributed by atoms with Gasteiger partial charge in [0, 0.05) is 10.9 Å². The van der Waals surface area contributed by atoms with E-state index in [2.05, 4.69) is 10.6 Å². The molecule has 0 saturated heterocycles. The highest BCUT2D eigenvalue weighted by molar-refractivity contribution is 7.17. The molecule has 0 aromatic carbocycles. The van der Waals surface area contributed by atoms with Crippen molar-refractivity contribution in [1.29, 1.82) is 0 Å². The fraction of sp³-hybridized carbons (Fsp3) is 0.600. The molecule has 0 bridgehead atoms. The lowest BCUT2D eigenvalue weighted by Gasteiger charge is -2.08. The summed E-state index contributed by atoms with van der Waals surface area (Å²) in [6.07, 6.45) is 5.26. The molecule has 5 nitrogen and oxygen atoms in total. The Balaban J connectivity index is 1.73. The summed E-state index contributed by atoms with van der Waals surface area (Å²) in [7, 11) is 0. The maximum Gasteiger partial charge on any atom is 0.341 e. The lowest BCUT2D eigenvalue weighted by Crippen LogP contribution is -2.29. The summed E-state index contributed by atoms with van der Waals surface area (Å²) < 4.78 is 5.14. The van der Waals surface area contributed by atoms with E-state index in [1.54, 1.807) is 6.92 Å². The summed E-state index contributed by atoms with van der Waals surface area (Å²) in [5.41, 5.74) is 1.65. The van der Waals surface area contributed by atoms with Gasteiger partial charge in [0.2, 0.25) is 5.91 Å². The minimum Gasteiger partial charge on any atom is -0.462 e. The van der Waals surface area contributed by atoms with E-state index in [0.717, 1.165) is 37.7 Å². The Kier molecular flexibility index (Phi) is 4.26. The van der Waals surface area contributed by atoms with Crippen molar-refractivity contribution in [3.05, 3.63) is 16.0 Å². The van der Waals surface area contributed by atoms with E-state index in [1.807, 2.05) is 0 Å². The lowest BCUT2D eigenvalue weighted by molar-refractivity contribution is -0.115. The fourth-order valence-electron chi connectivity index (χ4n) is 2.61. The van der Waals surface area contributed by atoms with Gasteiger partial charge in [0.05, 0.1) is 18.7 Å². The highest BCUT2D eigenvalue weighted by atomic mass is 32.1. The zero-order valence-electron chi connectivity index (χ0n) is 12.2. The number of rotatable bonds is 6. The van der Waals surface area contributed by atoms with Crippen LogP contribution in [0.4, 0.5) is 5.00 Å². The molecule has 2 N–H and O–H groups in total. The monoisotopic (exact) mass is 308 g/mol. The molecule has 114 valence electrons. The van der Waals surface area contributed by atoms with Gasteiger partial charge in [-0.25, -0.2) is 4.79 Å². The van der Waals surface area contributed by atoms with Crippen molar-refractivity contribution in [2.45, 2.75) is 45.1 Å². The van der Waals surface area contributed by atoms with Gasteiger partial charge in [0.15, 0.2) is 0 Å². The number of esters is 1. The van der Waals surface area contributed by atoms with Gasteiger partial charge < -0.3 is 15.4 Å². The van der Waals surface area contributed by atoms with Crippen molar-refractivity contribution in [1.82, 2.24) is 5.32 Å². The molecule has 1 aromatic rings. The van der Waals surface area contributed by atoms with E-state index in [-0.39, 0.29) is 11.9 Å². The van der Waals surface area contributed by atoms with Crippen molar-refractivity contribution < 1.29 is 14.3 Å². The second-order valence-electron chi connectivity index (χ2n) is 5.49. The Morgan fingerprint density at radius 2 is 2.14 bits per heavy atom. The molecule has 1 saturated carbocycles. The average Bonchev–Trinajstić information content (AvgIpc) is 3.07. The van der Waals surface area contributed by atoms with Crippen LogP contribution in [0.3, 0.4) is 0 Å². The standard InChI is InChI=1S/C15H20N2O3S/c1-2-20-15(19)13-10-4-3-5-11(10)21-14(13)17-12(18)8-16-9-6-7-9/h9,16H,2-8H2,1H3,(H,17,18). The molecule has 6 heteroatoms. The Hall–Kier alpha value is -1.40. The number of anilines is 1. The van der Waals surface area contributed by atoms with Gasteiger partial charge >= 0.3 is 5.97 Å². The fourth-order valence-corrected chi connectivity index (χ4v) is 3.90. The Bertz CT molecular complexity index is 564. The van der Waals surface area contributed by atoms with E-state index in [4.69, 9.17) is 4.74 Å². The first-order chi connectivity index (χ1) is 10.2. The molecule has 1 aromatic heterocycles. The second-order valence-corrected chi connectivity index (χ2v) is 6.59. The first-order valence-electron chi connectivity index (χ1n) is 7.54. The van der Waals surface area contributed by atoms with Crippen molar-refractivity contribution in [2.24, 2.45) is 0 Å². The molecule has 21 heavy (non-hydrogen) atoms. The molecule has 2 aliphatic rings. The molecule has 1 heterocycles. The summed E-state index contributed by atoms with van der Waals surface area (Å²) in [5, 5.41) is 6.71. The number of carbonyl (C=O) groups excluding carboxylic acids is 2. The molecule has 0 radical (unpaired) electrons. The molecule has 0 spiro atoms. The Morgan fingerprint density at radius 3 is 2.86 bits per heavy atom. The summed E-state index contributed by atoms with van der Waals surface area (Å²) >= 11 is 1.52. The number of ether oxygens (including phenoxy) is 1. The number of carbonyl (C=O) groups is 2. The zero-order chi connectivity index (χ0) is 14.8. The third kappa shape index (κ3) is 3.27. The molecule has 2 aliphatic carbocycles. The van der Waals surface area contributed by atoms with Crippen LogP contribution in [-0.2, 0) is 22.4 Å². The van der Waals surface area contributed by atoms with Crippen LogP contribution in [0.15, 0.2) is 0 Å². The van der Waals surface area contributed by atoms with Crippen LogP contribution in [0.25, 0.3) is 0 Å². The molecular weight excluding hydrogens is 288 g/mol. The zero-order valence-corrected chi connectivity index (χ0v) is 13.0. The van der Waals surface area contributed by atoms with Crippen molar-refractivity contribution in [3.63, 3.8) is 0 Å². The first-order valence-corrected chi connectivity index (χ1v) is 8.35. The Morgan fingerprint density at radius 1 is 1.33 bits per heavy atom. The van der Waals surface area contributed by atoms with Crippen LogP contribution in [0.2, 0.25) is 0 Å². The predicted molar refractivity (Wildman–Crippen MR) is 82.0 cm³/mol. The predicted octanol–water partition coefficient (Wildman–Crippen LogP) is 2.10. The number of hydrogen-bond acceptors (Lipinski definition) is 5. The van der Waals surface area contributed by atoms with Crippen LogP contribution in [0.5, 0.6) is 0 Å². The van der Waals surface area contributed by atoms with Gasteiger partial charge in [0.25, 0.3) is 0 Å². The molecule has 1 fully saturated rings. The number of amides is 1. The average molecular weight is 308 g/mol. The van der Waals surface area contributed by atoms with Gasteiger partial charge in [-0.1, -0.05) is 0 Å². The molecule has 3 rings (SSSR count). The maximum atomic E-state index is 12.2. The van der Waals surface area contributed by atoms with Gasteiger partial charge in [-0.05, 0) is 44.6 Å². The van der Waals surface area contributed by atoms with Gasteiger partial charge in [-0.15, -0.1) is 11.3 Å². The maximum absolute atomic E-state index is 12.2. The van der Waals surface area contributed by atoms with Crippen LogP contribution in [0.1, 0.15) is 47.0 Å². The minimum absolute atomic E-state index is 0.0904. The molecule has 0 atom stereocenters. The normalized spacial score (nSPS) is 16.6. The molecule has 1 amide bonds. The molecule has 0 unspecified atom stereocenters. The van der Waals surface area contributed by atoms with Gasteiger partial charge in [-0.3, -0.25) is 4.79 Å². The minimum atomic E-state index is -0.317. The highest BCUT2D eigenvalue weighted by Gasteiger charge is 2.28. The third-order valence-corrected chi connectivity index (χ3v) is 4.99. The van der Waals surface area contributed by atoms with Crippen LogP contribution in [0, 0.1) is 0 Å². The summed E-state index contributed by atoms with van der Waals surface area (Å²) in [5.74, 6) is -0.408. The number of hydrogen-bond donors (Lipinski definition) is 2. The lowest BCUT2D eigenvalue weighted by atomic mass is 10.1. The van der Waals surface area contributed by atoms with Crippen LogP contribution in [-0.4, -0.2) is 31.1 Å². The Labute approximate surface area is 128 Å². The van der Waals surface area contributed by atoms with E-state index in [1.165, 1.54) is 16.2 Å². The topological polar surface area (TPSA) is 67.4 Å². The van der Waals surface area contributed by atoms with Crippen LogP contribution < -0.4 is 10.6 Å². The van der Waals surface area contributed by atoms with Gasteiger partial charge in [-0.2, -0.15) is 0 Å². The summed E-state index contributed by atoms with van der Waals surface area (Å²) in [6, 6.07) is 0.494. The SMILES string of the molecule is CCOC(=O)c1c(NC(=O)CNC2CC2)sc2c1CCC2. The quantitative estimate of drug-likeness (QED) is 0.790.